The average Bonchev–Trinajstić information content (AvgIpc) is 3.40. The van der Waals surface area contributed by atoms with E-state index in [4.69, 9.17) is 0 Å². The van der Waals surface area contributed by atoms with Gasteiger partial charge in [0.25, 0.3) is 5.91 Å². The molecule has 4 aromatic rings. The Hall–Kier alpha value is -3.45. The van der Waals surface area contributed by atoms with Gasteiger partial charge in [0.2, 0.25) is 0 Å². The van der Waals surface area contributed by atoms with E-state index in [9.17, 15) is 9.90 Å². The lowest BCUT2D eigenvalue weighted by atomic mass is 9.92. The van der Waals surface area contributed by atoms with Gasteiger partial charge >= 0.3 is 0 Å². The third-order valence-corrected chi connectivity index (χ3v) is 6.28. The van der Waals surface area contributed by atoms with Crippen molar-refractivity contribution in [2.75, 3.05) is 0 Å². The SMILES string of the molecule is Cn1cc(-c2ccc(Cc3cc(C(=O)N[C@H]4CCCC[C@@H]4O)n4ncccc34)cc2)cn1. The molecule has 1 aliphatic carbocycles. The summed E-state index contributed by atoms with van der Waals surface area (Å²) < 4.78 is 3.49. The number of carbonyl (C=O) groups is 1. The molecular weight excluding hydrogens is 402 g/mol. The number of carbonyl (C=O) groups excluding carboxylic acids is 1. The minimum absolute atomic E-state index is 0.192. The van der Waals surface area contributed by atoms with Crippen LogP contribution in [0, 0.1) is 0 Å². The van der Waals surface area contributed by atoms with Crippen molar-refractivity contribution < 1.29 is 9.90 Å². The van der Waals surface area contributed by atoms with Crippen molar-refractivity contribution in [2.45, 2.75) is 44.2 Å². The second kappa shape index (κ2) is 8.59. The van der Waals surface area contributed by atoms with Gasteiger partial charge in [-0.3, -0.25) is 9.48 Å². The second-order valence-corrected chi connectivity index (χ2v) is 8.58. The first-order chi connectivity index (χ1) is 15.6. The van der Waals surface area contributed by atoms with E-state index in [-0.39, 0.29) is 11.9 Å². The number of benzene rings is 1. The summed E-state index contributed by atoms with van der Waals surface area (Å²) in [6.45, 7) is 0. The standard InChI is InChI=1S/C25H27N5O2/c1-29-16-20(15-27-29)18-10-8-17(9-11-18)13-19-14-23(30-22(19)6-4-12-26-30)25(32)28-21-5-2-3-7-24(21)31/h4,6,8-12,14-16,21,24,31H,2-3,5,7,13H2,1H3,(H,28,32)/t21-,24-/m0/s1. The summed E-state index contributed by atoms with van der Waals surface area (Å²) in [7, 11) is 1.91. The van der Waals surface area contributed by atoms with Crippen LogP contribution in [0.4, 0.5) is 0 Å². The lowest BCUT2D eigenvalue weighted by Gasteiger charge is -2.28. The van der Waals surface area contributed by atoms with Crippen LogP contribution in [-0.2, 0) is 13.5 Å². The van der Waals surface area contributed by atoms with Gasteiger partial charge in [-0.05, 0) is 54.2 Å². The van der Waals surface area contributed by atoms with Gasteiger partial charge in [0.05, 0.1) is 23.9 Å². The Morgan fingerprint density at radius 1 is 1.12 bits per heavy atom. The number of aliphatic hydroxyl groups excluding tert-OH is 1. The molecule has 0 unspecified atom stereocenters. The Balaban J connectivity index is 1.39. The van der Waals surface area contributed by atoms with Gasteiger partial charge in [0, 0.05) is 25.0 Å². The van der Waals surface area contributed by atoms with E-state index < -0.39 is 6.10 Å². The van der Waals surface area contributed by atoms with Crippen LogP contribution >= 0.6 is 0 Å². The molecule has 164 valence electrons. The molecule has 0 bridgehead atoms. The number of aromatic nitrogens is 4. The highest BCUT2D eigenvalue weighted by Crippen LogP contribution is 2.24. The predicted molar refractivity (Wildman–Crippen MR) is 122 cm³/mol. The molecule has 1 aromatic carbocycles. The maximum Gasteiger partial charge on any atom is 0.270 e. The number of amides is 1. The average molecular weight is 430 g/mol. The molecule has 1 saturated carbocycles. The molecule has 3 heterocycles. The van der Waals surface area contributed by atoms with Crippen LogP contribution in [-0.4, -0.2) is 42.6 Å². The van der Waals surface area contributed by atoms with Gasteiger partial charge in [0.15, 0.2) is 0 Å². The largest absolute Gasteiger partial charge is 0.391 e. The molecule has 32 heavy (non-hydrogen) atoms. The van der Waals surface area contributed by atoms with Crippen molar-refractivity contribution in [3.8, 4) is 11.1 Å². The molecule has 0 spiro atoms. The molecule has 0 aliphatic heterocycles. The summed E-state index contributed by atoms with van der Waals surface area (Å²) in [5, 5.41) is 21.9. The third-order valence-electron chi connectivity index (χ3n) is 6.28. The lowest BCUT2D eigenvalue weighted by molar-refractivity contribution is 0.0712. The number of fused-ring (bicyclic) bond motifs is 1. The molecule has 1 aliphatic rings. The number of aliphatic hydroxyl groups is 1. The topological polar surface area (TPSA) is 84.5 Å². The quantitative estimate of drug-likeness (QED) is 0.510. The Morgan fingerprint density at radius 2 is 1.94 bits per heavy atom. The number of rotatable bonds is 5. The van der Waals surface area contributed by atoms with Crippen molar-refractivity contribution in [1.29, 1.82) is 0 Å². The van der Waals surface area contributed by atoms with E-state index in [1.165, 1.54) is 0 Å². The molecule has 5 rings (SSSR count). The molecule has 7 heteroatoms. The Bertz CT molecular complexity index is 1240. The monoisotopic (exact) mass is 429 g/mol. The molecule has 0 saturated heterocycles. The van der Waals surface area contributed by atoms with Gasteiger partial charge in [0.1, 0.15) is 5.69 Å². The number of aryl methyl sites for hydroxylation is 1. The number of hydrogen-bond donors (Lipinski definition) is 2. The van der Waals surface area contributed by atoms with E-state index in [2.05, 4.69) is 39.8 Å². The van der Waals surface area contributed by atoms with Gasteiger partial charge in [-0.15, -0.1) is 0 Å². The second-order valence-electron chi connectivity index (χ2n) is 8.58. The third kappa shape index (κ3) is 4.03. The zero-order chi connectivity index (χ0) is 22.1. The van der Waals surface area contributed by atoms with Crippen molar-refractivity contribution >= 4 is 11.4 Å². The highest BCUT2D eigenvalue weighted by molar-refractivity contribution is 5.94. The Labute approximate surface area is 186 Å². The van der Waals surface area contributed by atoms with Crippen LogP contribution < -0.4 is 5.32 Å². The first-order valence-electron chi connectivity index (χ1n) is 11.1. The van der Waals surface area contributed by atoms with Crippen molar-refractivity contribution in [1.82, 2.24) is 24.7 Å². The minimum atomic E-state index is -0.482. The van der Waals surface area contributed by atoms with Gasteiger partial charge in [-0.2, -0.15) is 10.2 Å². The van der Waals surface area contributed by atoms with Crippen LogP contribution in [0.1, 0.15) is 47.3 Å². The normalized spacial score (nSPS) is 18.7. The molecule has 7 nitrogen and oxygen atoms in total. The molecule has 1 amide bonds. The minimum Gasteiger partial charge on any atom is -0.391 e. The van der Waals surface area contributed by atoms with Gasteiger partial charge in [-0.25, -0.2) is 4.52 Å². The first-order valence-corrected chi connectivity index (χ1v) is 11.1. The fourth-order valence-corrected chi connectivity index (χ4v) is 4.54. The van der Waals surface area contributed by atoms with Crippen molar-refractivity contribution in [3.05, 3.63) is 77.9 Å². The molecule has 1 fully saturated rings. The van der Waals surface area contributed by atoms with E-state index in [0.717, 1.165) is 53.5 Å². The number of nitrogens with zero attached hydrogens (tertiary/aromatic N) is 4. The highest BCUT2D eigenvalue weighted by atomic mass is 16.3. The number of hydrogen-bond acceptors (Lipinski definition) is 4. The zero-order valence-corrected chi connectivity index (χ0v) is 18.1. The Kier molecular flexibility index (Phi) is 5.49. The van der Waals surface area contributed by atoms with Gasteiger partial charge in [-0.1, -0.05) is 37.1 Å². The summed E-state index contributed by atoms with van der Waals surface area (Å²) in [5.41, 5.74) is 5.82. The summed E-state index contributed by atoms with van der Waals surface area (Å²) in [6, 6.07) is 14.0. The van der Waals surface area contributed by atoms with Crippen LogP contribution in [0.3, 0.4) is 0 Å². The highest BCUT2D eigenvalue weighted by Gasteiger charge is 2.26. The van der Waals surface area contributed by atoms with E-state index in [1.807, 2.05) is 37.6 Å². The van der Waals surface area contributed by atoms with Crippen LogP contribution in [0.5, 0.6) is 0 Å². The summed E-state index contributed by atoms with van der Waals surface area (Å²) in [5.74, 6) is -0.192. The molecule has 2 atom stereocenters. The summed E-state index contributed by atoms with van der Waals surface area (Å²) in [6.07, 6.45) is 9.32. The Morgan fingerprint density at radius 3 is 2.69 bits per heavy atom. The summed E-state index contributed by atoms with van der Waals surface area (Å²) in [4.78, 5) is 13.1. The molecular formula is C25H27N5O2. The first kappa shape index (κ1) is 20.5. The fraction of sp³-hybridized carbons (Fsp3) is 0.320. The van der Waals surface area contributed by atoms with Crippen LogP contribution in [0.2, 0.25) is 0 Å². The lowest BCUT2D eigenvalue weighted by Crippen LogP contribution is -2.45. The van der Waals surface area contributed by atoms with Crippen molar-refractivity contribution in [2.24, 2.45) is 7.05 Å². The summed E-state index contributed by atoms with van der Waals surface area (Å²) >= 11 is 0. The molecule has 2 N–H and O–H groups in total. The van der Waals surface area contributed by atoms with Crippen LogP contribution in [0.25, 0.3) is 16.6 Å². The van der Waals surface area contributed by atoms with Crippen LogP contribution in [0.15, 0.2) is 61.1 Å². The van der Waals surface area contributed by atoms with E-state index >= 15 is 0 Å². The van der Waals surface area contributed by atoms with E-state index in [0.29, 0.717) is 12.1 Å². The maximum absolute atomic E-state index is 13.1. The zero-order valence-electron chi connectivity index (χ0n) is 18.1. The van der Waals surface area contributed by atoms with Crippen molar-refractivity contribution in [3.63, 3.8) is 0 Å². The molecule has 3 aromatic heterocycles. The number of nitrogens with one attached hydrogen (secondary N) is 1. The maximum atomic E-state index is 13.1. The van der Waals surface area contributed by atoms with Gasteiger partial charge < -0.3 is 10.4 Å². The fourth-order valence-electron chi connectivity index (χ4n) is 4.54. The van der Waals surface area contributed by atoms with E-state index in [1.54, 1.807) is 15.4 Å². The molecule has 0 radical (unpaired) electrons. The predicted octanol–water partition coefficient (Wildman–Crippen LogP) is 3.36. The smallest absolute Gasteiger partial charge is 0.270 e.